The number of benzene rings is 1. The fourth-order valence-corrected chi connectivity index (χ4v) is 3.52. The summed E-state index contributed by atoms with van der Waals surface area (Å²) < 4.78 is 16.9. The average Bonchev–Trinajstić information content (AvgIpc) is 3.52. The summed E-state index contributed by atoms with van der Waals surface area (Å²) in [6, 6.07) is 10.2. The molecule has 11 nitrogen and oxygen atoms in total. The van der Waals surface area contributed by atoms with Crippen LogP contribution in [0.25, 0.3) is 11.0 Å². The minimum atomic E-state index is -1.37. The largest absolute Gasteiger partial charge is 0.497 e. The van der Waals surface area contributed by atoms with Crippen LogP contribution in [-0.2, 0) is 15.1 Å². The Hall–Kier alpha value is -4.41. The van der Waals surface area contributed by atoms with Crippen LogP contribution in [-0.4, -0.2) is 52.3 Å². The van der Waals surface area contributed by atoms with E-state index in [0.29, 0.717) is 28.2 Å². The van der Waals surface area contributed by atoms with Gasteiger partial charge < -0.3 is 24.9 Å². The fourth-order valence-electron chi connectivity index (χ4n) is 3.52. The summed E-state index contributed by atoms with van der Waals surface area (Å²) in [4.78, 5) is 33.8. The summed E-state index contributed by atoms with van der Waals surface area (Å²) in [5.41, 5.74) is 5.46. The van der Waals surface area contributed by atoms with E-state index >= 15 is 0 Å². The average molecular weight is 450 g/mol. The van der Waals surface area contributed by atoms with Gasteiger partial charge in [-0.25, -0.2) is 9.48 Å². The van der Waals surface area contributed by atoms with E-state index < -0.39 is 11.5 Å². The van der Waals surface area contributed by atoms with Crippen LogP contribution in [0.15, 0.2) is 53.3 Å². The number of nitrogens with one attached hydrogen (secondary N) is 1. The number of furan rings is 1. The number of rotatable bonds is 8. The molecule has 33 heavy (non-hydrogen) atoms. The quantitative estimate of drug-likeness (QED) is 0.302. The van der Waals surface area contributed by atoms with E-state index in [9.17, 15) is 9.59 Å². The molecule has 0 saturated carbocycles. The highest BCUT2D eigenvalue weighted by atomic mass is 16.5. The van der Waals surface area contributed by atoms with E-state index in [0.717, 1.165) is 0 Å². The summed E-state index contributed by atoms with van der Waals surface area (Å²) in [5.74, 6) is 0.266. The smallest absolute Gasteiger partial charge is 0.338 e. The SMILES string of the molecule is COC(=O)C(C)(c1ccc(OC)cc1)n1ncc2c(NCC(=O)c3ccco3)nc(N)nc21. The van der Waals surface area contributed by atoms with Gasteiger partial charge in [0, 0.05) is 0 Å². The minimum Gasteiger partial charge on any atom is -0.497 e. The van der Waals surface area contributed by atoms with Crippen LogP contribution >= 0.6 is 0 Å². The predicted molar refractivity (Wildman–Crippen MR) is 119 cm³/mol. The van der Waals surface area contributed by atoms with Gasteiger partial charge in [0.25, 0.3) is 0 Å². The van der Waals surface area contributed by atoms with Crippen molar-refractivity contribution in [1.82, 2.24) is 19.7 Å². The number of anilines is 2. The van der Waals surface area contributed by atoms with Crippen LogP contribution in [0, 0.1) is 0 Å². The summed E-state index contributed by atoms with van der Waals surface area (Å²) in [6.45, 7) is 1.58. The van der Waals surface area contributed by atoms with Gasteiger partial charge in [-0.05, 0) is 36.8 Å². The first-order valence-electron chi connectivity index (χ1n) is 9.93. The summed E-state index contributed by atoms with van der Waals surface area (Å²) >= 11 is 0. The topological polar surface area (TPSA) is 147 Å². The first-order chi connectivity index (χ1) is 15.9. The van der Waals surface area contributed by atoms with E-state index in [1.807, 2.05) is 0 Å². The van der Waals surface area contributed by atoms with Crippen LogP contribution in [0.2, 0.25) is 0 Å². The molecule has 0 spiro atoms. The molecule has 0 amide bonds. The van der Waals surface area contributed by atoms with Gasteiger partial charge in [-0.3, -0.25) is 4.79 Å². The van der Waals surface area contributed by atoms with Crippen molar-refractivity contribution in [2.24, 2.45) is 0 Å². The lowest BCUT2D eigenvalue weighted by Gasteiger charge is -2.28. The van der Waals surface area contributed by atoms with Gasteiger partial charge in [-0.1, -0.05) is 12.1 Å². The number of nitrogens with zero attached hydrogens (tertiary/aromatic N) is 4. The van der Waals surface area contributed by atoms with Gasteiger partial charge >= 0.3 is 5.97 Å². The van der Waals surface area contributed by atoms with Crippen molar-refractivity contribution in [3.8, 4) is 5.75 Å². The number of hydrogen-bond acceptors (Lipinski definition) is 10. The van der Waals surface area contributed by atoms with Crippen molar-refractivity contribution in [2.75, 3.05) is 31.8 Å². The highest BCUT2D eigenvalue weighted by Gasteiger charge is 2.41. The van der Waals surface area contributed by atoms with E-state index in [1.165, 1.54) is 24.3 Å². The molecule has 0 aliphatic heterocycles. The van der Waals surface area contributed by atoms with E-state index in [4.69, 9.17) is 19.6 Å². The monoisotopic (exact) mass is 450 g/mol. The number of carbonyl (C=O) groups excluding carboxylic acids is 2. The van der Waals surface area contributed by atoms with Crippen molar-refractivity contribution >= 4 is 34.6 Å². The maximum absolute atomic E-state index is 13.0. The van der Waals surface area contributed by atoms with Crippen LogP contribution < -0.4 is 15.8 Å². The third kappa shape index (κ3) is 3.84. The molecule has 3 heterocycles. The van der Waals surface area contributed by atoms with Crippen molar-refractivity contribution in [3.63, 3.8) is 0 Å². The van der Waals surface area contributed by atoms with Crippen LogP contribution in [0.5, 0.6) is 5.75 Å². The molecule has 3 aromatic heterocycles. The Morgan fingerprint density at radius 3 is 2.58 bits per heavy atom. The first-order valence-corrected chi connectivity index (χ1v) is 9.93. The number of methoxy groups -OCH3 is 2. The third-order valence-electron chi connectivity index (χ3n) is 5.32. The lowest BCUT2D eigenvalue weighted by atomic mass is 9.92. The summed E-state index contributed by atoms with van der Waals surface area (Å²) in [6.07, 6.45) is 2.92. The molecule has 0 bridgehead atoms. The molecule has 3 N–H and O–H groups in total. The Morgan fingerprint density at radius 2 is 1.94 bits per heavy atom. The molecule has 1 unspecified atom stereocenters. The zero-order chi connectivity index (χ0) is 23.6. The molecule has 4 rings (SSSR count). The molecule has 0 aliphatic rings. The van der Waals surface area contributed by atoms with Crippen LogP contribution in [0.3, 0.4) is 0 Å². The van der Waals surface area contributed by atoms with E-state index in [2.05, 4.69) is 20.4 Å². The van der Waals surface area contributed by atoms with E-state index in [-0.39, 0.29) is 24.0 Å². The highest BCUT2D eigenvalue weighted by molar-refractivity contribution is 5.98. The second-order valence-corrected chi connectivity index (χ2v) is 7.27. The number of ketones is 1. The number of fused-ring (bicyclic) bond motifs is 1. The second kappa shape index (κ2) is 8.61. The van der Waals surface area contributed by atoms with Gasteiger partial charge in [0.2, 0.25) is 11.7 Å². The lowest BCUT2D eigenvalue weighted by molar-refractivity contribution is -0.148. The Balaban J connectivity index is 1.77. The molecule has 1 aromatic carbocycles. The standard InChI is InChI=1S/C22H22N6O5/c1-22(20(30)32-3,13-6-8-14(31-2)9-7-13)28-19-15(11-25-28)18(26-21(23)27-19)24-12-16(29)17-5-4-10-33-17/h4-11H,12H2,1-3H3,(H3,23,24,26,27). The van der Waals surface area contributed by atoms with Gasteiger partial charge in [0.15, 0.2) is 16.9 Å². The third-order valence-corrected chi connectivity index (χ3v) is 5.32. The van der Waals surface area contributed by atoms with Crippen molar-refractivity contribution < 1.29 is 23.5 Å². The Bertz CT molecular complexity index is 1300. The number of aromatic nitrogens is 4. The van der Waals surface area contributed by atoms with Gasteiger partial charge in [-0.2, -0.15) is 15.1 Å². The maximum Gasteiger partial charge on any atom is 0.338 e. The van der Waals surface area contributed by atoms with Crippen molar-refractivity contribution in [1.29, 1.82) is 0 Å². The molecule has 4 aromatic rings. The van der Waals surface area contributed by atoms with Crippen LogP contribution in [0.1, 0.15) is 23.0 Å². The molecule has 11 heteroatoms. The number of carbonyl (C=O) groups is 2. The molecule has 1 atom stereocenters. The lowest BCUT2D eigenvalue weighted by Crippen LogP contribution is -2.42. The van der Waals surface area contributed by atoms with Crippen LogP contribution in [0.4, 0.5) is 11.8 Å². The number of Topliss-reactive ketones (excluding diaryl/α,β-unsaturated/α-hetero) is 1. The number of esters is 1. The number of ether oxygens (including phenoxy) is 2. The van der Waals surface area contributed by atoms with Crippen molar-refractivity contribution in [3.05, 3.63) is 60.2 Å². The van der Waals surface area contributed by atoms with Gasteiger partial charge in [0.1, 0.15) is 11.6 Å². The zero-order valence-electron chi connectivity index (χ0n) is 18.2. The zero-order valence-corrected chi connectivity index (χ0v) is 18.2. The molecular weight excluding hydrogens is 428 g/mol. The molecular formula is C22H22N6O5. The predicted octanol–water partition coefficient (Wildman–Crippen LogP) is 2.24. The normalized spacial score (nSPS) is 12.8. The second-order valence-electron chi connectivity index (χ2n) is 7.27. The molecule has 0 fully saturated rings. The Labute approximate surface area is 188 Å². The number of nitrogen functional groups attached to an aromatic ring is 1. The molecule has 0 saturated heterocycles. The van der Waals surface area contributed by atoms with Gasteiger partial charge in [-0.15, -0.1) is 0 Å². The van der Waals surface area contributed by atoms with Crippen molar-refractivity contribution in [2.45, 2.75) is 12.5 Å². The fraction of sp³-hybridized carbons (Fsp3) is 0.227. The summed E-state index contributed by atoms with van der Waals surface area (Å²) in [7, 11) is 2.85. The minimum absolute atomic E-state index is 0.0563. The van der Waals surface area contributed by atoms with Gasteiger partial charge in [0.05, 0.1) is 38.6 Å². The summed E-state index contributed by atoms with van der Waals surface area (Å²) in [5, 5.41) is 7.84. The van der Waals surface area contributed by atoms with E-state index in [1.54, 1.807) is 50.4 Å². The molecule has 0 aliphatic carbocycles. The maximum atomic E-state index is 13.0. The Morgan fingerprint density at radius 1 is 1.18 bits per heavy atom. The number of hydrogen-bond donors (Lipinski definition) is 2. The number of nitrogens with two attached hydrogens (primary N) is 1. The molecule has 0 radical (unpaired) electrons. The Kier molecular flexibility index (Phi) is 5.69. The highest BCUT2D eigenvalue weighted by Crippen LogP contribution is 2.33. The molecule has 170 valence electrons. The first kappa shape index (κ1) is 21.8.